The highest BCUT2D eigenvalue weighted by molar-refractivity contribution is 6.29. The van der Waals surface area contributed by atoms with Crippen LogP contribution < -0.4 is 5.32 Å². The van der Waals surface area contributed by atoms with Crippen LogP contribution in [0.3, 0.4) is 0 Å². The van der Waals surface area contributed by atoms with Gasteiger partial charge in [0, 0.05) is 18.7 Å². The van der Waals surface area contributed by atoms with Crippen LogP contribution in [0.15, 0.2) is 6.07 Å². The van der Waals surface area contributed by atoms with E-state index in [4.69, 9.17) is 11.6 Å². The first-order valence-corrected chi connectivity index (χ1v) is 4.24. The number of aryl methyl sites for hydroxylation is 1. The molecule has 12 heavy (non-hydrogen) atoms. The molecule has 0 spiro atoms. The molecule has 0 aliphatic rings. The van der Waals surface area contributed by atoms with Gasteiger partial charge in [0.05, 0.1) is 0 Å². The molecule has 1 aromatic heterocycles. The minimum absolute atomic E-state index is 0.0255. The summed E-state index contributed by atoms with van der Waals surface area (Å²) in [5.41, 5.74) is 0.0255. The fraction of sp³-hybridized carbons (Fsp3) is 0.625. The maximum atomic E-state index is 5.82. The van der Waals surface area contributed by atoms with Crippen molar-refractivity contribution in [1.82, 2.24) is 9.78 Å². The molecule has 0 amide bonds. The van der Waals surface area contributed by atoms with E-state index in [-0.39, 0.29) is 5.54 Å². The second kappa shape index (κ2) is 2.98. The Labute approximate surface area is 77.7 Å². The normalized spacial score (nSPS) is 11.8. The van der Waals surface area contributed by atoms with Gasteiger partial charge >= 0.3 is 0 Å². The lowest BCUT2D eigenvalue weighted by Gasteiger charge is -2.19. The molecule has 0 saturated carbocycles. The molecule has 0 radical (unpaired) electrons. The first-order chi connectivity index (χ1) is 5.38. The number of halogens is 1. The highest BCUT2D eigenvalue weighted by Crippen LogP contribution is 2.16. The van der Waals surface area contributed by atoms with Gasteiger partial charge in [-0.15, -0.1) is 0 Å². The third-order valence-electron chi connectivity index (χ3n) is 1.33. The Morgan fingerprint density at radius 2 is 2.08 bits per heavy atom. The highest BCUT2D eigenvalue weighted by Gasteiger charge is 2.11. The summed E-state index contributed by atoms with van der Waals surface area (Å²) < 4.78 is 1.63. The van der Waals surface area contributed by atoms with Gasteiger partial charge < -0.3 is 5.32 Å². The predicted molar refractivity (Wildman–Crippen MR) is 51.6 cm³/mol. The Hall–Kier alpha value is -0.700. The van der Waals surface area contributed by atoms with Crippen LogP contribution in [0.2, 0.25) is 5.15 Å². The van der Waals surface area contributed by atoms with Crippen molar-refractivity contribution < 1.29 is 0 Å². The molecule has 0 aliphatic heterocycles. The van der Waals surface area contributed by atoms with Crippen molar-refractivity contribution in [3.05, 3.63) is 11.2 Å². The maximum absolute atomic E-state index is 5.82. The zero-order chi connectivity index (χ0) is 9.35. The molecule has 4 heteroatoms. The maximum Gasteiger partial charge on any atom is 0.149 e. The number of hydrogen-bond acceptors (Lipinski definition) is 2. The lowest BCUT2D eigenvalue weighted by molar-refractivity contribution is 0.626. The van der Waals surface area contributed by atoms with Gasteiger partial charge in [0.15, 0.2) is 0 Å². The molecule has 0 aliphatic carbocycles. The van der Waals surface area contributed by atoms with Gasteiger partial charge in [0.1, 0.15) is 11.0 Å². The van der Waals surface area contributed by atoms with Gasteiger partial charge in [-0.05, 0) is 20.8 Å². The Kier molecular flexibility index (Phi) is 2.33. The van der Waals surface area contributed by atoms with Crippen molar-refractivity contribution >= 4 is 17.4 Å². The van der Waals surface area contributed by atoms with Gasteiger partial charge in [-0.3, -0.25) is 4.68 Å². The van der Waals surface area contributed by atoms with Gasteiger partial charge in [-0.2, -0.15) is 5.10 Å². The molecule has 1 rings (SSSR count). The molecule has 0 aromatic carbocycles. The molecule has 1 heterocycles. The van der Waals surface area contributed by atoms with E-state index in [0.29, 0.717) is 5.15 Å². The lowest BCUT2D eigenvalue weighted by atomic mass is 10.1. The van der Waals surface area contributed by atoms with Crippen LogP contribution in [0, 0.1) is 0 Å². The van der Waals surface area contributed by atoms with E-state index in [2.05, 4.69) is 31.2 Å². The number of aromatic nitrogens is 2. The van der Waals surface area contributed by atoms with Gasteiger partial charge in [0.25, 0.3) is 0 Å². The Morgan fingerprint density at radius 3 is 2.42 bits per heavy atom. The number of nitrogens with zero attached hydrogens (tertiary/aromatic N) is 2. The van der Waals surface area contributed by atoms with Crippen molar-refractivity contribution in [2.24, 2.45) is 7.05 Å². The van der Waals surface area contributed by atoms with Crippen LogP contribution in [0.4, 0.5) is 5.82 Å². The number of nitrogens with one attached hydrogen (secondary N) is 1. The van der Waals surface area contributed by atoms with E-state index in [0.717, 1.165) is 5.82 Å². The van der Waals surface area contributed by atoms with E-state index >= 15 is 0 Å². The summed E-state index contributed by atoms with van der Waals surface area (Å²) in [6.45, 7) is 6.24. The first kappa shape index (κ1) is 9.39. The molecule has 1 aromatic rings. The summed E-state index contributed by atoms with van der Waals surface area (Å²) in [6, 6.07) is 1.81. The molecule has 0 unspecified atom stereocenters. The molecular formula is C8H14ClN3. The number of rotatable bonds is 1. The summed E-state index contributed by atoms with van der Waals surface area (Å²) in [7, 11) is 1.82. The Bertz CT molecular complexity index is 253. The second-order valence-corrected chi connectivity index (χ2v) is 4.24. The molecular weight excluding hydrogens is 174 g/mol. The van der Waals surface area contributed by atoms with Gasteiger partial charge in [-0.25, -0.2) is 0 Å². The summed E-state index contributed by atoms with van der Waals surface area (Å²) in [6.07, 6.45) is 0. The summed E-state index contributed by atoms with van der Waals surface area (Å²) >= 11 is 5.82. The van der Waals surface area contributed by atoms with Crippen LogP contribution in [0.25, 0.3) is 0 Å². The Morgan fingerprint density at radius 1 is 1.50 bits per heavy atom. The zero-order valence-electron chi connectivity index (χ0n) is 7.85. The quantitative estimate of drug-likeness (QED) is 0.731. The molecule has 1 N–H and O–H groups in total. The van der Waals surface area contributed by atoms with E-state index < -0.39 is 0 Å². The molecule has 3 nitrogen and oxygen atoms in total. The Balaban J connectivity index is 2.77. The molecule has 0 saturated heterocycles. The zero-order valence-corrected chi connectivity index (χ0v) is 8.61. The molecule has 0 atom stereocenters. The summed E-state index contributed by atoms with van der Waals surface area (Å²) in [5, 5.41) is 8.04. The fourth-order valence-electron chi connectivity index (χ4n) is 0.890. The second-order valence-electron chi connectivity index (χ2n) is 3.85. The van der Waals surface area contributed by atoms with Crippen LogP contribution >= 0.6 is 11.6 Å². The van der Waals surface area contributed by atoms with E-state index in [1.807, 2.05) is 13.1 Å². The average Bonchev–Trinajstić information content (AvgIpc) is 2.07. The fourth-order valence-corrected chi connectivity index (χ4v) is 1.03. The topological polar surface area (TPSA) is 29.9 Å². The number of hydrogen-bond donors (Lipinski definition) is 1. The van der Waals surface area contributed by atoms with E-state index in [9.17, 15) is 0 Å². The SMILES string of the molecule is Cn1nc(NC(C)(C)C)cc1Cl. The standard InChI is InChI=1S/C8H14ClN3/c1-8(2,3)10-7-5-6(9)12(4)11-7/h5H,1-4H3,(H,10,11). The van der Waals surface area contributed by atoms with Gasteiger partial charge in [-0.1, -0.05) is 11.6 Å². The van der Waals surface area contributed by atoms with Crippen molar-refractivity contribution in [1.29, 1.82) is 0 Å². The summed E-state index contributed by atoms with van der Waals surface area (Å²) in [4.78, 5) is 0. The molecule has 68 valence electrons. The van der Waals surface area contributed by atoms with Crippen LogP contribution in [0.5, 0.6) is 0 Å². The first-order valence-electron chi connectivity index (χ1n) is 3.86. The minimum atomic E-state index is 0.0255. The van der Waals surface area contributed by atoms with Gasteiger partial charge in [0.2, 0.25) is 0 Å². The third kappa shape index (κ3) is 2.41. The van der Waals surface area contributed by atoms with Crippen molar-refractivity contribution in [2.75, 3.05) is 5.32 Å². The largest absolute Gasteiger partial charge is 0.364 e. The van der Waals surface area contributed by atoms with Crippen LogP contribution in [-0.2, 0) is 7.05 Å². The number of anilines is 1. The van der Waals surface area contributed by atoms with Crippen LogP contribution in [0.1, 0.15) is 20.8 Å². The van der Waals surface area contributed by atoms with Crippen molar-refractivity contribution in [3.8, 4) is 0 Å². The smallest absolute Gasteiger partial charge is 0.149 e. The van der Waals surface area contributed by atoms with E-state index in [1.54, 1.807) is 4.68 Å². The lowest BCUT2D eigenvalue weighted by Crippen LogP contribution is -2.26. The predicted octanol–water partition coefficient (Wildman–Crippen LogP) is 2.28. The van der Waals surface area contributed by atoms with E-state index in [1.165, 1.54) is 0 Å². The van der Waals surface area contributed by atoms with Crippen molar-refractivity contribution in [3.63, 3.8) is 0 Å². The minimum Gasteiger partial charge on any atom is -0.364 e. The molecule has 0 fully saturated rings. The monoisotopic (exact) mass is 187 g/mol. The van der Waals surface area contributed by atoms with Crippen molar-refractivity contribution in [2.45, 2.75) is 26.3 Å². The highest BCUT2D eigenvalue weighted by atomic mass is 35.5. The third-order valence-corrected chi connectivity index (χ3v) is 1.68. The summed E-state index contributed by atoms with van der Waals surface area (Å²) in [5.74, 6) is 0.815. The molecule has 0 bridgehead atoms. The average molecular weight is 188 g/mol. The van der Waals surface area contributed by atoms with Crippen LogP contribution in [-0.4, -0.2) is 15.3 Å².